The number of hydrogen-bond acceptors (Lipinski definition) is 1. The highest BCUT2D eigenvalue weighted by Crippen LogP contribution is 2.16. The van der Waals surface area contributed by atoms with Gasteiger partial charge in [-0.05, 0) is 17.3 Å². The van der Waals surface area contributed by atoms with Crippen molar-refractivity contribution < 1.29 is 0 Å². The summed E-state index contributed by atoms with van der Waals surface area (Å²) in [5.41, 5.74) is 0. The molecule has 0 heterocycles. The zero-order valence-electron chi connectivity index (χ0n) is 22.7. The fraction of sp³-hybridized carbons (Fsp3) is 0.967. The first-order valence-electron chi connectivity index (χ1n) is 15.3. The smallest absolute Gasteiger partial charge is 0.130 e. The quantitative estimate of drug-likeness (QED) is 0.0282. The Hall–Kier alpha value is 0.970. The Morgan fingerprint density at radius 3 is 0.824 bits per heavy atom. The molecule has 204 valence electrons. The van der Waals surface area contributed by atoms with Crippen LogP contribution < -0.4 is 5.32 Å². The summed E-state index contributed by atoms with van der Waals surface area (Å²) in [7, 11) is 0. The molecule has 0 spiro atoms. The van der Waals surface area contributed by atoms with Crippen molar-refractivity contribution in [3.63, 3.8) is 0 Å². The summed E-state index contributed by atoms with van der Waals surface area (Å²) < 4.78 is 1.97. The van der Waals surface area contributed by atoms with Gasteiger partial charge in [0.1, 0.15) is 4.32 Å². The Balaban J connectivity index is 3.01. The number of nitrogens with one attached hydrogen (secondary N) is 1. The summed E-state index contributed by atoms with van der Waals surface area (Å²) in [5.74, 6) is 0. The number of halogens is 1. The third-order valence-electron chi connectivity index (χ3n) is 7.09. The first-order valence-corrected chi connectivity index (χ1v) is 17.7. The Morgan fingerprint density at radius 1 is 0.412 bits per heavy atom. The Bertz CT molecular complexity index is 392. The van der Waals surface area contributed by atoms with Gasteiger partial charge in [-0.1, -0.05) is 195 Å². The molecule has 0 fully saturated rings. The van der Waals surface area contributed by atoms with E-state index < -0.39 is 0 Å². The van der Waals surface area contributed by atoms with Crippen molar-refractivity contribution in [1.82, 2.24) is 5.32 Å². The maximum atomic E-state index is 4.90. The maximum Gasteiger partial charge on any atom is 0.130 e. The molecule has 0 aromatic carbocycles. The molecule has 0 amide bonds. The predicted molar refractivity (Wildman–Crippen MR) is 173 cm³/mol. The van der Waals surface area contributed by atoms with Crippen LogP contribution in [0, 0.1) is 0 Å². The van der Waals surface area contributed by atoms with E-state index in [-0.39, 0.29) is 0 Å². The van der Waals surface area contributed by atoms with Crippen LogP contribution in [0.15, 0.2) is 0 Å². The molecular formula is C30H60INS2. The minimum atomic E-state index is 0.630. The van der Waals surface area contributed by atoms with Crippen LogP contribution in [-0.2, 0) is 0 Å². The van der Waals surface area contributed by atoms with Crippen LogP contribution in [0.1, 0.15) is 173 Å². The van der Waals surface area contributed by atoms with Gasteiger partial charge in [0.25, 0.3) is 0 Å². The lowest BCUT2D eigenvalue weighted by atomic mass is 10.0. The molecule has 0 aliphatic heterocycles. The number of rotatable bonds is 29. The molecule has 34 heavy (non-hydrogen) atoms. The van der Waals surface area contributed by atoms with Gasteiger partial charge >= 0.3 is 0 Å². The average molecular weight is 626 g/mol. The first kappa shape index (κ1) is 35.0. The zero-order valence-corrected chi connectivity index (χ0v) is 26.6. The van der Waals surface area contributed by atoms with E-state index >= 15 is 0 Å². The van der Waals surface area contributed by atoms with E-state index in [1.807, 2.05) is 0 Å². The molecule has 0 aliphatic carbocycles. The lowest BCUT2D eigenvalue weighted by Gasteiger charge is -2.05. The summed E-state index contributed by atoms with van der Waals surface area (Å²) in [6.07, 6.45) is 39.1. The van der Waals surface area contributed by atoms with E-state index in [0.29, 0.717) is 4.32 Å². The van der Waals surface area contributed by atoms with Crippen molar-refractivity contribution in [2.24, 2.45) is 0 Å². The second kappa shape index (κ2) is 32.0. The molecule has 0 atom stereocenters. The standard InChI is InChI=1S/C30H60INS2/c31-28-26-24-22-20-18-16-14-12-10-8-6-4-2-1-3-5-7-9-11-13-15-17-19-21-23-25-27-29-32-30(33)34/h1-29H2,(H2,32,33,34). The van der Waals surface area contributed by atoms with Crippen molar-refractivity contribution in [1.29, 1.82) is 0 Å². The van der Waals surface area contributed by atoms with Crippen LogP contribution in [-0.4, -0.2) is 15.3 Å². The highest BCUT2D eigenvalue weighted by molar-refractivity contribution is 14.1. The Labute approximate surface area is 240 Å². The van der Waals surface area contributed by atoms with E-state index in [4.69, 9.17) is 12.2 Å². The van der Waals surface area contributed by atoms with Gasteiger partial charge in [0.15, 0.2) is 0 Å². The van der Waals surface area contributed by atoms with Crippen LogP contribution in [0.25, 0.3) is 0 Å². The molecule has 0 saturated carbocycles. The van der Waals surface area contributed by atoms with E-state index in [1.54, 1.807) is 0 Å². The van der Waals surface area contributed by atoms with Gasteiger partial charge in [-0.3, -0.25) is 0 Å². The highest BCUT2D eigenvalue weighted by atomic mass is 127. The Morgan fingerprint density at radius 2 is 0.618 bits per heavy atom. The molecule has 0 rings (SSSR count). The third kappa shape index (κ3) is 33.0. The third-order valence-corrected chi connectivity index (χ3v) is 8.15. The average Bonchev–Trinajstić information content (AvgIpc) is 2.83. The minimum Gasteiger partial charge on any atom is -0.371 e. The summed E-state index contributed by atoms with van der Waals surface area (Å²) in [5, 5.41) is 3.11. The van der Waals surface area contributed by atoms with Crippen LogP contribution in [0.5, 0.6) is 0 Å². The minimum absolute atomic E-state index is 0.630. The molecule has 4 heteroatoms. The molecule has 0 radical (unpaired) electrons. The summed E-state index contributed by atoms with van der Waals surface area (Å²) in [6, 6.07) is 0. The summed E-state index contributed by atoms with van der Waals surface area (Å²) >= 11 is 11.5. The normalized spacial score (nSPS) is 11.2. The van der Waals surface area contributed by atoms with E-state index in [2.05, 4.69) is 40.5 Å². The SMILES string of the molecule is S=C(S)NCCCCCCCCCCCCCCCCCCCCCCCCCCCCCI. The molecule has 0 unspecified atom stereocenters. The van der Waals surface area contributed by atoms with Crippen LogP contribution in [0.4, 0.5) is 0 Å². The van der Waals surface area contributed by atoms with E-state index in [0.717, 1.165) is 6.54 Å². The first-order chi connectivity index (χ1) is 16.8. The fourth-order valence-corrected chi connectivity index (χ4v) is 5.59. The van der Waals surface area contributed by atoms with E-state index in [1.165, 1.54) is 178 Å². The molecule has 0 aromatic heterocycles. The lowest BCUT2D eigenvalue weighted by Crippen LogP contribution is -2.17. The zero-order chi connectivity index (χ0) is 24.8. The van der Waals surface area contributed by atoms with Gasteiger partial charge in [0.05, 0.1) is 0 Å². The van der Waals surface area contributed by atoms with Crippen LogP contribution >= 0.6 is 47.4 Å². The van der Waals surface area contributed by atoms with Crippen molar-refractivity contribution >= 4 is 51.8 Å². The monoisotopic (exact) mass is 625 g/mol. The van der Waals surface area contributed by atoms with E-state index in [9.17, 15) is 0 Å². The molecule has 0 aliphatic rings. The molecule has 1 N–H and O–H groups in total. The van der Waals surface area contributed by atoms with Gasteiger partial charge in [-0.2, -0.15) is 0 Å². The number of hydrogen-bond donors (Lipinski definition) is 2. The molecule has 0 saturated heterocycles. The summed E-state index contributed by atoms with van der Waals surface area (Å²) in [6.45, 7) is 0.988. The van der Waals surface area contributed by atoms with Crippen molar-refractivity contribution in [3.8, 4) is 0 Å². The lowest BCUT2D eigenvalue weighted by molar-refractivity contribution is 0.514. The van der Waals surface area contributed by atoms with Gasteiger partial charge in [0, 0.05) is 6.54 Å². The number of thiol groups is 1. The largest absolute Gasteiger partial charge is 0.371 e. The number of unbranched alkanes of at least 4 members (excludes halogenated alkanes) is 26. The van der Waals surface area contributed by atoms with Crippen LogP contribution in [0.2, 0.25) is 0 Å². The number of alkyl halides is 1. The van der Waals surface area contributed by atoms with Crippen LogP contribution in [0.3, 0.4) is 0 Å². The Kier molecular flexibility index (Phi) is 32.9. The number of thiocarbonyl (C=S) groups is 1. The second-order valence-electron chi connectivity index (χ2n) is 10.5. The molecule has 0 bridgehead atoms. The molecular weight excluding hydrogens is 565 g/mol. The topological polar surface area (TPSA) is 12.0 Å². The predicted octanol–water partition coefficient (Wildman–Crippen LogP) is 11.8. The van der Waals surface area contributed by atoms with Gasteiger partial charge < -0.3 is 5.32 Å². The van der Waals surface area contributed by atoms with Gasteiger partial charge in [-0.15, -0.1) is 12.6 Å². The van der Waals surface area contributed by atoms with Crippen molar-refractivity contribution in [2.45, 2.75) is 173 Å². The van der Waals surface area contributed by atoms with Gasteiger partial charge in [0.2, 0.25) is 0 Å². The summed E-state index contributed by atoms with van der Waals surface area (Å²) in [4.78, 5) is 0. The second-order valence-corrected chi connectivity index (χ2v) is 12.7. The van der Waals surface area contributed by atoms with Gasteiger partial charge in [-0.25, -0.2) is 0 Å². The maximum absolute atomic E-state index is 4.90. The highest BCUT2D eigenvalue weighted by Gasteiger charge is 1.97. The molecule has 0 aromatic rings. The van der Waals surface area contributed by atoms with Crippen molar-refractivity contribution in [2.75, 3.05) is 11.0 Å². The fourth-order valence-electron chi connectivity index (χ4n) is 4.83. The van der Waals surface area contributed by atoms with Crippen molar-refractivity contribution in [3.05, 3.63) is 0 Å². The molecule has 1 nitrogen and oxygen atoms in total.